The third-order valence-electron chi connectivity index (χ3n) is 5.11. The molecule has 2 aromatic carbocycles. The number of amides is 1. The average Bonchev–Trinajstić information content (AvgIpc) is 3.22. The molecular weight excluding hydrogens is 464 g/mol. The van der Waals surface area contributed by atoms with E-state index in [9.17, 15) is 13.2 Å². The van der Waals surface area contributed by atoms with E-state index in [-0.39, 0.29) is 15.4 Å². The van der Waals surface area contributed by atoms with Crippen LogP contribution in [-0.4, -0.2) is 37.2 Å². The number of carbonyl (C=O) groups is 1. The van der Waals surface area contributed by atoms with Crippen LogP contribution in [0.3, 0.4) is 0 Å². The number of rotatable bonds is 6. The summed E-state index contributed by atoms with van der Waals surface area (Å²) >= 11 is 0.784. The lowest BCUT2D eigenvalue weighted by molar-refractivity contribution is 0.0700. The zero-order valence-corrected chi connectivity index (χ0v) is 20.2. The molecule has 9 nitrogen and oxygen atoms in total. The summed E-state index contributed by atoms with van der Waals surface area (Å²) in [6.07, 6.45) is 0.405. The number of aromatic nitrogens is 2. The van der Waals surface area contributed by atoms with Crippen molar-refractivity contribution in [2.45, 2.75) is 43.2 Å². The Morgan fingerprint density at radius 3 is 2.73 bits per heavy atom. The Morgan fingerprint density at radius 1 is 1.21 bits per heavy atom. The van der Waals surface area contributed by atoms with Crippen molar-refractivity contribution < 1.29 is 22.7 Å². The highest BCUT2D eigenvalue weighted by atomic mass is 32.2. The molecule has 2 N–H and O–H groups in total. The largest absolute Gasteiger partial charge is 0.497 e. The van der Waals surface area contributed by atoms with E-state index in [4.69, 9.17) is 9.47 Å². The highest BCUT2D eigenvalue weighted by molar-refractivity contribution is 7.91. The first-order chi connectivity index (χ1) is 15.6. The second kappa shape index (κ2) is 8.73. The van der Waals surface area contributed by atoms with Gasteiger partial charge in [-0.2, -0.15) is 0 Å². The van der Waals surface area contributed by atoms with Gasteiger partial charge in [0.05, 0.1) is 13.2 Å². The van der Waals surface area contributed by atoms with Crippen molar-refractivity contribution in [3.05, 3.63) is 59.2 Å². The number of sulfonamides is 1. The molecule has 1 atom stereocenters. The Labute approximate surface area is 196 Å². The Balaban J connectivity index is 1.55. The van der Waals surface area contributed by atoms with Crippen molar-refractivity contribution in [1.29, 1.82) is 0 Å². The van der Waals surface area contributed by atoms with Crippen molar-refractivity contribution in [2.75, 3.05) is 12.4 Å². The molecule has 1 unspecified atom stereocenters. The van der Waals surface area contributed by atoms with Gasteiger partial charge in [0.2, 0.25) is 9.47 Å². The number of nitrogens with zero attached hydrogens (tertiary/aromatic N) is 2. The van der Waals surface area contributed by atoms with E-state index < -0.39 is 21.7 Å². The van der Waals surface area contributed by atoms with E-state index in [0.717, 1.165) is 16.9 Å². The molecule has 0 spiro atoms. The van der Waals surface area contributed by atoms with Crippen molar-refractivity contribution in [1.82, 2.24) is 14.9 Å². The minimum Gasteiger partial charge on any atom is -0.497 e. The maximum Gasteiger partial charge on any atom is 0.270 e. The fourth-order valence-electron chi connectivity index (χ4n) is 3.63. The van der Waals surface area contributed by atoms with Gasteiger partial charge >= 0.3 is 0 Å². The van der Waals surface area contributed by atoms with Gasteiger partial charge in [0.1, 0.15) is 17.1 Å². The molecular formula is C22H24N4O5S2. The lowest BCUT2D eigenvalue weighted by Crippen LogP contribution is -2.41. The number of nitrogens with one attached hydrogen (secondary N) is 2. The Kier molecular flexibility index (Phi) is 6.12. The summed E-state index contributed by atoms with van der Waals surface area (Å²) in [6.45, 7) is 5.67. The first-order valence-electron chi connectivity index (χ1n) is 10.2. The first-order valence-corrected chi connectivity index (χ1v) is 12.5. The van der Waals surface area contributed by atoms with Crippen molar-refractivity contribution in [3.63, 3.8) is 0 Å². The number of hydrogen-bond donors (Lipinski definition) is 2. The van der Waals surface area contributed by atoms with Gasteiger partial charge in [-0.3, -0.25) is 10.1 Å². The molecule has 11 heteroatoms. The summed E-state index contributed by atoms with van der Waals surface area (Å²) in [7, 11) is -2.47. The van der Waals surface area contributed by atoms with Gasteiger partial charge in [-0.05, 0) is 51.1 Å². The third-order valence-corrected chi connectivity index (χ3v) is 7.79. The fraction of sp³-hybridized carbons (Fsp3) is 0.318. The molecule has 0 radical (unpaired) electrons. The smallest absolute Gasteiger partial charge is 0.270 e. The maximum atomic E-state index is 13.1. The first kappa shape index (κ1) is 23.1. The summed E-state index contributed by atoms with van der Waals surface area (Å²) < 4.78 is 40.0. The van der Waals surface area contributed by atoms with Crippen LogP contribution in [0.5, 0.6) is 11.5 Å². The molecule has 0 saturated heterocycles. The molecule has 1 amide bonds. The molecule has 2 heterocycles. The standard InChI is InChI=1S/C22H24N4O5S2/c1-13-6-5-7-14(10-13)19(27)23-20-24-25-21(32-20)33(28,29)26-17-12-22(2,3)31-18-9-8-15(30-4)11-16(17)18/h5-11,17,26H,12H2,1-4H3,(H,23,24,27). The molecule has 4 rings (SSSR count). The number of aryl methyl sites for hydroxylation is 1. The third kappa shape index (κ3) is 5.15. The SMILES string of the molecule is COc1ccc2c(c1)C(NS(=O)(=O)c1nnc(NC(=O)c3cccc(C)c3)s1)CC(C)(C)O2. The minimum absolute atomic E-state index is 0.0938. The second-order valence-corrected chi connectivity index (χ2v) is 11.2. The van der Waals surface area contributed by atoms with Crippen molar-refractivity contribution in [3.8, 4) is 11.5 Å². The van der Waals surface area contributed by atoms with Gasteiger partial charge in [-0.25, -0.2) is 13.1 Å². The molecule has 1 aliphatic rings. The molecule has 33 heavy (non-hydrogen) atoms. The van der Waals surface area contributed by atoms with Gasteiger partial charge in [-0.15, -0.1) is 10.2 Å². The monoisotopic (exact) mass is 488 g/mol. The van der Waals surface area contributed by atoms with Crippen molar-refractivity contribution in [2.24, 2.45) is 0 Å². The van der Waals surface area contributed by atoms with E-state index in [1.807, 2.05) is 26.8 Å². The van der Waals surface area contributed by atoms with Crippen LogP contribution in [0.1, 0.15) is 47.8 Å². The zero-order chi connectivity index (χ0) is 23.8. The van der Waals surface area contributed by atoms with E-state index in [2.05, 4.69) is 20.2 Å². The Hall–Kier alpha value is -3.02. The Morgan fingerprint density at radius 2 is 2.00 bits per heavy atom. The Bertz CT molecular complexity index is 1300. The maximum absolute atomic E-state index is 13.1. The molecule has 0 aliphatic carbocycles. The van der Waals surface area contributed by atoms with E-state index in [1.54, 1.807) is 43.5 Å². The lowest BCUT2D eigenvalue weighted by Gasteiger charge is -2.37. The van der Waals surface area contributed by atoms with E-state index >= 15 is 0 Å². The van der Waals surface area contributed by atoms with Crippen LogP contribution in [0.15, 0.2) is 46.8 Å². The van der Waals surface area contributed by atoms with Crippen LogP contribution in [0.2, 0.25) is 0 Å². The lowest BCUT2D eigenvalue weighted by atomic mass is 9.90. The number of hydrogen-bond acceptors (Lipinski definition) is 8. The fourth-order valence-corrected chi connectivity index (χ4v) is 5.75. The molecule has 0 fully saturated rings. The number of methoxy groups -OCH3 is 1. The molecule has 0 bridgehead atoms. The van der Waals surface area contributed by atoms with Crippen LogP contribution in [0, 0.1) is 6.92 Å². The van der Waals surface area contributed by atoms with Crippen LogP contribution in [0.25, 0.3) is 0 Å². The van der Waals surface area contributed by atoms with Crippen LogP contribution < -0.4 is 19.5 Å². The van der Waals surface area contributed by atoms with Crippen LogP contribution in [0.4, 0.5) is 5.13 Å². The predicted molar refractivity (Wildman–Crippen MR) is 124 cm³/mol. The van der Waals surface area contributed by atoms with Gasteiger partial charge in [0.25, 0.3) is 15.9 Å². The van der Waals surface area contributed by atoms with Gasteiger partial charge in [0, 0.05) is 17.5 Å². The summed E-state index contributed by atoms with van der Waals surface area (Å²) in [6, 6.07) is 11.8. The van der Waals surface area contributed by atoms with E-state index in [0.29, 0.717) is 29.0 Å². The molecule has 1 aromatic heterocycles. The van der Waals surface area contributed by atoms with Crippen LogP contribution >= 0.6 is 11.3 Å². The highest BCUT2D eigenvalue weighted by Gasteiger charge is 2.37. The van der Waals surface area contributed by atoms with Gasteiger partial charge < -0.3 is 9.47 Å². The van der Waals surface area contributed by atoms with Gasteiger partial charge in [-0.1, -0.05) is 29.0 Å². The summed E-state index contributed by atoms with van der Waals surface area (Å²) in [5, 5.41) is 10.3. The molecule has 3 aromatic rings. The van der Waals surface area contributed by atoms with Crippen LogP contribution in [-0.2, 0) is 10.0 Å². The number of anilines is 1. The molecule has 1 aliphatic heterocycles. The quantitative estimate of drug-likeness (QED) is 0.508. The molecule has 174 valence electrons. The number of benzene rings is 2. The topological polar surface area (TPSA) is 120 Å². The second-order valence-electron chi connectivity index (χ2n) is 8.34. The summed E-state index contributed by atoms with van der Waals surface area (Å²) in [4.78, 5) is 12.4. The summed E-state index contributed by atoms with van der Waals surface area (Å²) in [5.41, 5.74) is 1.48. The number of carbonyl (C=O) groups excluding carboxylic acids is 1. The number of ether oxygens (including phenoxy) is 2. The van der Waals surface area contributed by atoms with Gasteiger partial charge in [0.15, 0.2) is 0 Å². The normalized spacial score (nSPS) is 17.0. The predicted octanol–water partition coefficient (Wildman–Crippen LogP) is 3.69. The van der Waals surface area contributed by atoms with Crippen molar-refractivity contribution >= 4 is 32.4 Å². The minimum atomic E-state index is -4.01. The zero-order valence-electron chi connectivity index (χ0n) is 18.6. The summed E-state index contributed by atoms with van der Waals surface area (Å²) in [5.74, 6) is 0.792. The average molecular weight is 489 g/mol. The van der Waals surface area contributed by atoms with E-state index in [1.165, 1.54) is 0 Å². The molecule has 0 saturated carbocycles. The number of fused-ring (bicyclic) bond motifs is 1. The highest BCUT2D eigenvalue weighted by Crippen LogP contribution is 2.41.